The van der Waals surface area contributed by atoms with Crippen LogP contribution in [0.4, 0.5) is 0 Å². The van der Waals surface area contributed by atoms with E-state index in [0.717, 1.165) is 21.9 Å². The van der Waals surface area contributed by atoms with Gasteiger partial charge in [-0.25, -0.2) is 4.98 Å². The van der Waals surface area contributed by atoms with Gasteiger partial charge in [0.25, 0.3) is 0 Å². The zero-order chi connectivity index (χ0) is 13.1. The molecular weight excluding hydrogens is 248 g/mol. The molecule has 0 amide bonds. The molecule has 96 valence electrons. The largest absolute Gasteiger partial charge is 0.497 e. The van der Waals surface area contributed by atoms with Gasteiger partial charge in [0, 0.05) is 12.5 Å². The molecule has 1 N–H and O–H groups in total. The zero-order valence-electron chi connectivity index (χ0n) is 10.7. The summed E-state index contributed by atoms with van der Waals surface area (Å²) in [6.07, 6.45) is 0.558. The Hall–Kier alpha value is -1.49. The van der Waals surface area contributed by atoms with Gasteiger partial charge in [-0.3, -0.25) is 4.79 Å². The molecular formula is C13H16N2O2S. The van der Waals surface area contributed by atoms with E-state index in [1.807, 2.05) is 32.0 Å². The maximum atomic E-state index is 11.5. The Morgan fingerprint density at radius 2 is 2.33 bits per heavy atom. The number of benzene rings is 1. The molecule has 0 bridgehead atoms. The number of hydrogen-bond acceptors (Lipinski definition) is 4. The lowest BCUT2D eigenvalue weighted by atomic mass is 10.2. The number of carbonyl (C=O) groups is 1. The summed E-state index contributed by atoms with van der Waals surface area (Å²) in [6, 6.07) is 5.68. The van der Waals surface area contributed by atoms with Gasteiger partial charge in [0.15, 0.2) is 5.16 Å². The Balaban J connectivity index is 2.22. The molecule has 0 saturated heterocycles. The molecule has 1 heterocycles. The number of ether oxygens (including phenoxy) is 1. The first-order valence-corrected chi connectivity index (χ1v) is 6.75. The summed E-state index contributed by atoms with van der Waals surface area (Å²) < 4.78 is 5.16. The molecule has 1 unspecified atom stereocenters. The second kappa shape index (κ2) is 5.44. The fraction of sp³-hybridized carbons (Fsp3) is 0.385. The Bertz CT molecular complexity index is 565. The first kappa shape index (κ1) is 13.0. The minimum Gasteiger partial charge on any atom is -0.497 e. The summed E-state index contributed by atoms with van der Waals surface area (Å²) in [7, 11) is 1.63. The van der Waals surface area contributed by atoms with Crippen LogP contribution < -0.4 is 4.74 Å². The SMILES string of the molecule is CCC(=O)C(C)Sc1nc2ccc(OC)cc2[nH]1. The molecule has 2 rings (SSSR count). The van der Waals surface area contributed by atoms with Crippen molar-refractivity contribution in [1.29, 1.82) is 0 Å². The number of aromatic nitrogens is 2. The number of ketones is 1. The highest BCUT2D eigenvalue weighted by Gasteiger charge is 2.14. The molecule has 18 heavy (non-hydrogen) atoms. The van der Waals surface area contributed by atoms with Crippen LogP contribution in [0.3, 0.4) is 0 Å². The number of hydrogen-bond donors (Lipinski definition) is 1. The Morgan fingerprint density at radius 3 is 3.00 bits per heavy atom. The Kier molecular flexibility index (Phi) is 3.91. The third kappa shape index (κ3) is 2.67. The van der Waals surface area contributed by atoms with Crippen LogP contribution in [0.5, 0.6) is 5.75 Å². The number of carbonyl (C=O) groups excluding carboxylic acids is 1. The van der Waals surface area contributed by atoms with Crippen molar-refractivity contribution in [3.63, 3.8) is 0 Å². The van der Waals surface area contributed by atoms with Gasteiger partial charge in [0.05, 0.1) is 23.4 Å². The normalized spacial score (nSPS) is 12.6. The van der Waals surface area contributed by atoms with Gasteiger partial charge in [0.1, 0.15) is 11.5 Å². The summed E-state index contributed by atoms with van der Waals surface area (Å²) in [4.78, 5) is 19.2. The molecule has 5 heteroatoms. The van der Waals surface area contributed by atoms with E-state index >= 15 is 0 Å². The van der Waals surface area contributed by atoms with E-state index in [2.05, 4.69) is 9.97 Å². The van der Waals surface area contributed by atoms with Crippen molar-refractivity contribution < 1.29 is 9.53 Å². The van der Waals surface area contributed by atoms with Crippen molar-refractivity contribution in [3.8, 4) is 5.75 Å². The summed E-state index contributed by atoms with van der Waals surface area (Å²) in [5, 5.41) is 0.699. The highest BCUT2D eigenvalue weighted by atomic mass is 32.2. The smallest absolute Gasteiger partial charge is 0.167 e. The lowest BCUT2D eigenvalue weighted by Crippen LogP contribution is -2.11. The van der Waals surface area contributed by atoms with Crippen molar-refractivity contribution in [3.05, 3.63) is 18.2 Å². The van der Waals surface area contributed by atoms with E-state index in [0.29, 0.717) is 6.42 Å². The highest BCUT2D eigenvalue weighted by Crippen LogP contribution is 2.26. The Labute approximate surface area is 110 Å². The van der Waals surface area contributed by atoms with E-state index in [1.165, 1.54) is 11.8 Å². The topological polar surface area (TPSA) is 55.0 Å². The molecule has 0 spiro atoms. The van der Waals surface area contributed by atoms with Crippen molar-refractivity contribution >= 4 is 28.6 Å². The minimum atomic E-state index is -0.0718. The predicted octanol–water partition coefficient (Wildman–Crippen LogP) is 3.03. The standard InChI is InChI=1S/C13H16N2O2S/c1-4-12(16)8(2)18-13-14-10-6-5-9(17-3)7-11(10)15-13/h5-8H,4H2,1-3H3,(H,14,15). The maximum absolute atomic E-state index is 11.5. The quantitative estimate of drug-likeness (QED) is 0.843. The molecule has 1 atom stereocenters. The number of rotatable bonds is 5. The summed E-state index contributed by atoms with van der Waals surface area (Å²) >= 11 is 1.46. The number of nitrogens with zero attached hydrogens (tertiary/aromatic N) is 1. The zero-order valence-corrected chi connectivity index (χ0v) is 11.5. The summed E-state index contributed by atoms with van der Waals surface area (Å²) in [6.45, 7) is 3.78. The fourth-order valence-corrected chi connectivity index (χ4v) is 2.62. The van der Waals surface area contributed by atoms with Crippen LogP contribution in [0.15, 0.2) is 23.4 Å². The van der Waals surface area contributed by atoms with Crippen molar-refractivity contribution in [2.75, 3.05) is 7.11 Å². The van der Waals surface area contributed by atoms with Crippen molar-refractivity contribution in [1.82, 2.24) is 9.97 Å². The van der Waals surface area contributed by atoms with Crippen LogP contribution >= 0.6 is 11.8 Å². The van der Waals surface area contributed by atoms with Gasteiger partial charge in [-0.1, -0.05) is 18.7 Å². The number of thioether (sulfide) groups is 1. The van der Waals surface area contributed by atoms with Crippen LogP contribution in [-0.2, 0) is 4.79 Å². The minimum absolute atomic E-state index is 0.0718. The van der Waals surface area contributed by atoms with E-state index < -0.39 is 0 Å². The highest BCUT2D eigenvalue weighted by molar-refractivity contribution is 8.00. The number of methoxy groups -OCH3 is 1. The first-order chi connectivity index (χ1) is 8.63. The van der Waals surface area contributed by atoms with Gasteiger partial charge in [-0.2, -0.15) is 0 Å². The third-order valence-electron chi connectivity index (χ3n) is 2.76. The molecule has 0 fully saturated rings. The Morgan fingerprint density at radius 1 is 1.56 bits per heavy atom. The lowest BCUT2D eigenvalue weighted by Gasteiger charge is -2.05. The average molecular weight is 264 g/mol. The first-order valence-electron chi connectivity index (χ1n) is 5.87. The monoisotopic (exact) mass is 264 g/mol. The van der Waals surface area contributed by atoms with Crippen molar-refractivity contribution in [2.24, 2.45) is 0 Å². The van der Waals surface area contributed by atoms with Crippen LogP contribution in [0.1, 0.15) is 20.3 Å². The van der Waals surface area contributed by atoms with Crippen LogP contribution in [0.25, 0.3) is 11.0 Å². The van der Waals surface area contributed by atoms with Gasteiger partial charge in [0.2, 0.25) is 0 Å². The summed E-state index contributed by atoms with van der Waals surface area (Å²) in [5.41, 5.74) is 1.81. The lowest BCUT2D eigenvalue weighted by molar-refractivity contribution is -0.118. The molecule has 1 aromatic carbocycles. The average Bonchev–Trinajstić information content (AvgIpc) is 2.78. The van der Waals surface area contributed by atoms with Gasteiger partial charge in [-0.05, 0) is 19.1 Å². The van der Waals surface area contributed by atoms with E-state index in [9.17, 15) is 4.79 Å². The number of imidazole rings is 1. The second-order valence-electron chi connectivity index (χ2n) is 4.00. The number of nitrogens with one attached hydrogen (secondary N) is 1. The van der Waals surface area contributed by atoms with E-state index in [1.54, 1.807) is 7.11 Å². The van der Waals surface area contributed by atoms with Crippen LogP contribution in [0, 0.1) is 0 Å². The molecule has 0 saturated carbocycles. The maximum Gasteiger partial charge on any atom is 0.167 e. The number of fused-ring (bicyclic) bond motifs is 1. The predicted molar refractivity (Wildman–Crippen MR) is 73.3 cm³/mol. The van der Waals surface area contributed by atoms with Gasteiger partial charge >= 0.3 is 0 Å². The van der Waals surface area contributed by atoms with Gasteiger partial charge < -0.3 is 9.72 Å². The van der Waals surface area contributed by atoms with Crippen LogP contribution in [0.2, 0.25) is 0 Å². The second-order valence-corrected chi connectivity index (χ2v) is 5.33. The van der Waals surface area contributed by atoms with Crippen LogP contribution in [-0.4, -0.2) is 28.1 Å². The van der Waals surface area contributed by atoms with Crippen molar-refractivity contribution in [2.45, 2.75) is 30.7 Å². The molecule has 0 aliphatic heterocycles. The molecule has 0 radical (unpaired) electrons. The van der Waals surface area contributed by atoms with E-state index in [4.69, 9.17) is 4.74 Å². The van der Waals surface area contributed by atoms with E-state index in [-0.39, 0.29) is 11.0 Å². The van der Waals surface area contributed by atoms with Gasteiger partial charge in [-0.15, -0.1) is 0 Å². The number of aromatic amines is 1. The third-order valence-corrected chi connectivity index (χ3v) is 3.79. The number of H-pyrrole nitrogens is 1. The molecule has 0 aliphatic carbocycles. The molecule has 0 aliphatic rings. The fourth-order valence-electron chi connectivity index (χ4n) is 1.67. The number of Topliss-reactive ketones (excluding diaryl/α,β-unsaturated/α-hetero) is 1. The molecule has 2 aromatic rings. The summed E-state index contributed by atoms with van der Waals surface area (Å²) in [5.74, 6) is 1.03. The molecule has 1 aromatic heterocycles. The molecule has 4 nitrogen and oxygen atoms in total.